The van der Waals surface area contributed by atoms with Crippen molar-refractivity contribution < 1.29 is 14.3 Å². The molecule has 0 aromatic heterocycles. The minimum absolute atomic E-state index is 0.128. The number of ether oxygens (including phenoxy) is 2. The van der Waals surface area contributed by atoms with Gasteiger partial charge in [0.1, 0.15) is 0 Å². The molecule has 0 unspecified atom stereocenters. The molecule has 0 atom stereocenters. The van der Waals surface area contributed by atoms with E-state index < -0.39 is 0 Å². The highest BCUT2D eigenvalue weighted by Crippen LogP contribution is 2.49. The SMILES string of the molecule is C=CCNC(=O)c1ccc2c(c1)OCC1(CC1)CO2. The van der Waals surface area contributed by atoms with Crippen LogP contribution in [0.25, 0.3) is 0 Å². The van der Waals surface area contributed by atoms with Crippen LogP contribution in [0.1, 0.15) is 23.2 Å². The summed E-state index contributed by atoms with van der Waals surface area (Å²) in [4.78, 5) is 11.9. The van der Waals surface area contributed by atoms with Crippen LogP contribution in [0.15, 0.2) is 30.9 Å². The molecule has 19 heavy (non-hydrogen) atoms. The number of hydrogen-bond acceptors (Lipinski definition) is 3. The van der Waals surface area contributed by atoms with E-state index in [4.69, 9.17) is 9.47 Å². The maximum atomic E-state index is 11.9. The first kappa shape index (κ1) is 12.1. The van der Waals surface area contributed by atoms with Gasteiger partial charge in [0.2, 0.25) is 0 Å². The second-order valence-electron chi connectivity index (χ2n) is 5.24. The number of nitrogens with one attached hydrogen (secondary N) is 1. The predicted molar refractivity (Wildman–Crippen MR) is 71.6 cm³/mol. The van der Waals surface area contributed by atoms with E-state index in [1.807, 2.05) is 0 Å². The standard InChI is InChI=1S/C15H17NO3/c1-2-7-16-14(17)11-3-4-12-13(8-11)19-10-15(5-6-15)9-18-12/h2-4,8H,1,5-7,9-10H2,(H,16,17). The number of carbonyl (C=O) groups is 1. The van der Waals surface area contributed by atoms with Gasteiger partial charge in [0, 0.05) is 17.5 Å². The number of rotatable bonds is 3. The van der Waals surface area contributed by atoms with E-state index in [-0.39, 0.29) is 11.3 Å². The molecule has 3 rings (SSSR count). The first-order valence-electron chi connectivity index (χ1n) is 6.51. The molecule has 1 spiro atoms. The van der Waals surface area contributed by atoms with Gasteiger partial charge < -0.3 is 14.8 Å². The fourth-order valence-corrected chi connectivity index (χ4v) is 2.12. The van der Waals surface area contributed by atoms with Gasteiger partial charge in [0.25, 0.3) is 5.91 Å². The summed E-state index contributed by atoms with van der Waals surface area (Å²) in [5.74, 6) is 1.26. The molecule has 1 aliphatic carbocycles. The third kappa shape index (κ3) is 2.43. The van der Waals surface area contributed by atoms with Crippen molar-refractivity contribution in [3.63, 3.8) is 0 Å². The third-order valence-corrected chi connectivity index (χ3v) is 3.64. The van der Waals surface area contributed by atoms with E-state index in [1.165, 1.54) is 0 Å². The summed E-state index contributed by atoms with van der Waals surface area (Å²) in [6, 6.07) is 5.31. The van der Waals surface area contributed by atoms with Gasteiger partial charge in [0.05, 0.1) is 13.2 Å². The Balaban J connectivity index is 1.78. The van der Waals surface area contributed by atoms with Gasteiger partial charge in [-0.1, -0.05) is 6.08 Å². The van der Waals surface area contributed by atoms with Crippen molar-refractivity contribution in [2.24, 2.45) is 5.41 Å². The first-order valence-corrected chi connectivity index (χ1v) is 6.51. The number of fused-ring (bicyclic) bond motifs is 1. The zero-order valence-electron chi connectivity index (χ0n) is 10.8. The number of hydrogen-bond donors (Lipinski definition) is 1. The van der Waals surface area contributed by atoms with Crippen molar-refractivity contribution in [3.8, 4) is 11.5 Å². The quantitative estimate of drug-likeness (QED) is 0.846. The number of benzene rings is 1. The molecule has 1 saturated carbocycles. The molecule has 4 heteroatoms. The van der Waals surface area contributed by atoms with E-state index in [0.717, 1.165) is 18.6 Å². The largest absolute Gasteiger partial charge is 0.489 e. The van der Waals surface area contributed by atoms with Crippen LogP contribution in [0.5, 0.6) is 11.5 Å². The molecule has 1 aromatic rings. The highest BCUT2D eigenvalue weighted by atomic mass is 16.5. The number of carbonyl (C=O) groups excluding carboxylic acids is 1. The molecule has 1 N–H and O–H groups in total. The Bertz CT molecular complexity index is 520. The molecule has 0 radical (unpaired) electrons. The summed E-state index contributed by atoms with van der Waals surface area (Å²) in [6.07, 6.45) is 3.97. The van der Waals surface area contributed by atoms with Crippen molar-refractivity contribution in [1.29, 1.82) is 0 Å². The molecule has 0 bridgehead atoms. The fraction of sp³-hybridized carbons (Fsp3) is 0.400. The Morgan fingerprint density at radius 1 is 1.32 bits per heavy atom. The Hall–Kier alpha value is -1.97. The molecule has 1 fully saturated rings. The normalized spacial score (nSPS) is 18.5. The van der Waals surface area contributed by atoms with Crippen molar-refractivity contribution >= 4 is 5.91 Å². The van der Waals surface area contributed by atoms with E-state index in [1.54, 1.807) is 24.3 Å². The lowest BCUT2D eigenvalue weighted by Crippen LogP contribution is -2.23. The second kappa shape index (κ2) is 4.61. The van der Waals surface area contributed by atoms with Gasteiger partial charge in [0.15, 0.2) is 11.5 Å². The van der Waals surface area contributed by atoms with Gasteiger partial charge in [-0.2, -0.15) is 0 Å². The van der Waals surface area contributed by atoms with Crippen LogP contribution >= 0.6 is 0 Å². The monoisotopic (exact) mass is 259 g/mol. The lowest BCUT2D eigenvalue weighted by molar-refractivity contribution is 0.0957. The van der Waals surface area contributed by atoms with Gasteiger partial charge in [-0.15, -0.1) is 6.58 Å². The van der Waals surface area contributed by atoms with E-state index in [2.05, 4.69) is 11.9 Å². The van der Waals surface area contributed by atoms with E-state index in [0.29, 0.717) is 31.1 Å². The van der Waals surface area contributed by atoms with Gasteiger partial charge in [-0.3, -0.25) is 4.79 Å². The van der Waals surface area contributed by atoms with Crippen molar-refractivity contribution in [3.05, 3.63) is 36.4 Å². The minimum Gasteiger partial charge on any atom is -0.489 e. The molecule has 1 aromatic carbocycles. The number of amides is 1. The van der Waals surface area contributed by atoms with Gasteiger partial charge in [-0.25, -0.2) is 0 Å². The van der Waals surface area contributed by atoms with Gasteiger partial charge in [-0.05, 0) is 31.0 Å². The molecular weight excluding hydrogens is 242 g/mol. The van der Waals surface area contributed by atoms with Crippen LogP contribution in [0, 0.1) is 5.41 Å². The molecule has 1 aliphatic heterocycles. The molecule has 4 nitrogen and oxygen atoms in total. The van der Waals surface area contributed by atoms with Crippen LogP contribution in [-0.4, -0.2) is 25.7 Å². The lowest BCUT2D eigenvalue weighted by atomic mass is 10.1. The van der Waals surface area contributed by atoms with E-state index in [9.17, 15) is 4.79 Å². The summed E-state index contributed by atoms with van der Waals surface area (Å²) < 4.78 is 11.6. The molecule has 100 valence electrons. The highest BCUT2D eigenvalue weighted by molar-refractivity contribution is 5.94. The maximum absolute atomic E-state index is 11.9. The molecule has 1 heterocycles. The van der Waals surface area contributed by atoms with Crippen molar-refractivity contribution in [2.75, 3.05) is 19.8 Å². The summed E-state index contributed by atoms with van der Waals surface area (Å²) in [5.41, 5.74) is 0.792. The molecule has 2 aliphatic rings. The molecular formula is C15H17NO3. The minimum atomic E-state index is -0.128. The zero-order chi connectivity index (χ0) is 13.3. The molecule has 1 amide bonds. The Kier molecular flexibility index (Phi) is 2.93. The summed E-state index contributed by atoms with van der Waals surface area (Å²) in [5, 5.41) is 2.75. The Labute approximate surface area is 112 Å². The molecule has 0 saturated heterocycles. The highest BCUT2D eigenvalue weighted by Gasteiger charge is 2.46. The van der Waals surface area contributed by atoms with E-state index >= 15 is 0 Å². The average Bonchev–Trinajstić information content (AvgIpc) is 3.23. The predicted octanol–water partition coefficient (Wildman–Crippen LogP) is 2.15. The summed E-state index contributed by atoms with van der Waals surface area (Å²) >= 11 is 0. The topological polar surface area (TPSA) is 47.6 Å². The fourth-order valence-electron chi connectivity index (χ4n) is 2.12. The van der Waals surface area contributed by atoms with Crippen LogP contribution in [0.4, 0.5) is 0 Å². The first-order chi connectivity index (χ1) is 9.22. The van der Waals surface area contributed by atoms with Crippen LogP contribution < -0.4 is 14.8 Å². The Morgan fingerprint density at radius 2 is 2.05 bits per heavy atom. The third-order valence-electron chi connectivity index (χ3n) is 3.64. The van der Waals surface area contributed by atoms with Crippen LogP contribution in [0.3, 0.4) is 0 Å². The second-order valence-corrected chi connectivity index (χ2v) is 5.24. The summed E-state index contributed by atoms with van der Waals surface area (Å²) in [7, 11) is 0. The lowest BCUT2D eigenvalue weighted by Gasteiger charge is -2.09. The van der Waals surface area contributed by atoms with Crippen molar-refractivity contribution in [2.45, 2.75) is 12.8 Å². The van der Waals surface area contributed by atoms with Crippen LogP contribution in [0.2, 0.25) is 0 Å². The van der Waals surface area contributed by atoms with Crippen LogP contribution in [-0.2, 0) is 0 Å². The van der Waals surface area contributed by atoms with Crippen molar-refractivity contribution in [1.82, 2.24) is 5.32 Å². The Morgan fingerprint density at radius 3 is 2.74 bits per heavy atom. The summed E-state index contributed by atoms with van der Waals surface area (Å²) in [6.45, 7) is 5.42. The average molecular weight is 259 g/mol. The zero-order valence-corrected chi connectivity index (χ0v) is 10.8. The smallest absolute Gasteiger partial charge is 0.251 e. The van der Waals surface area contributed by atoms with Gasteiger partial charge >= 0.3 is 0 Å². The maximum Gasteiger partial charge on any atom is 0.251 e.